The van der Waals surface area contributed by atoms with E-state index in [-0.39, 0.29) is 19.5 Å². The van der Waals surface area contributed by atoms with E-state index >= 15 is 0 Å². The summed E-state index contributed by atoms with van der Waals surface area (Å²) in [5.74, 6) is 0. The van der Waals surface area contributed by atoms with Gasteiger partial charge in [-0.05, 0) is 24.3 Å². The van der Waals surface area contributed by atoms with Crippen LogP contribution in [0.4, 0.5) is 11.4 Å². The average molecular weight is 383 g/mol. The van der Waals surface area contributed by atoms with Gasteiger partial charge in [-0.3, -0.25) is 0 Å². The van der Waals surface area contributed by atoms with Crippen LogP contribution >= 0.6 is 23.2 Å². The Morgan fingerprint density at radius 2 is 1.05 bits per heavy atom. The third-order valence-electron chi connectivity index (χ3n) is 1.94. The molecule has 0 radical (unpaired) electrons. The molecule has 2 rings (SSSR count). The van der Waals surface area contributed by atoms with E-state index in [2.05, 4.69) is 0 Å². The van der Waals surface area contributed by atoms with Crippen LogP contribution in [0.25, 0.3) is 0 Å². The molecule has 0 amide bonds. The van der Waals surface area contributed by atoms with E-state index < -0.39 is 0 Å². The Kier molecular flexibility index (Phi) is 8.63. The smallest absolute Gasteiger partial charge is 0.778 e. The summed E-state index contributed by atoms with van der Waals surface area (Å²) >= 11 is 20.8. The first-order chi connectivity index (χ1) is 8.40. The summed E-state index contributed by atoms with van der Waals surface area (Å²) in [5, 5.41) is 1.25. The van der Waals surface area contributed by atoms with Crippen molar-refractivity contribution in [2.45, 2.75) is 9.79 Å². The molecule has 0 spiro atoms. The summed E-state index contributed by atoms with van der Waals surface area (Å²) in [7, 11) is 0. The molecule has 2 aromatic rings. The Morgan fingerprint density at radius 1 is 0.737 bits per heavy atom. The second-order valence-corrected chi connectivity index (χ2v) is 5.12. The van der Waals surface area contributed by atoms with Crippen molar-refractivity contribution in [3.05, 3.63) is 46.4 Å². The average Bonchev–Trinajstić information content (AvgIpc) is 2.30. The van der Waals surface area contributed by atoms with Gasteiger partial charge in [0.25, 0.3) is 0 Å². The van der Waals surface area contributed by atoms with Crippen molar-refractivity contribution in [3.63, 3.8) is 0 Å². The number of hydrogen-bond donors (Lipinski definition) is 2. The Bertz CT molecular complexity index is 504. The zero-order valence-corrected chi connectivity index (χ0v) is 16.0. The zero-order chi connectivity index (χ0) is 13.7. The maximum Gasteiger partial charge on any atom is 2.00 e. The largest absolute Gasteiger partial charge is 2.00 e. The van der Waals surface area contributed by atoms with Crippen LogP contribution in [0, 0.1) is 0 Å². The number of nitrogen functional groups attached to an aromatic ring is 2. The summed E-state index contributed by atoms with van der Waals surface area (Å²) < 4.78 is 0. The van der Waals surface area contributed by atoms with Crippen molar-refractivity contribution in [1.29, 1.82) is 0 Å². The van der Waals surface area contributed by atoms with Crippen molar-refractivity contribution in [2.75, 3.05) is 11.5 Å². The fraction of sp³-hybridized carbons (Fsp3) is 0. The number of benzene rings is 2. The minimum atomic E-state index is 0. The van der Waals surface area contributed by atoms with Crippen LogP contribution in [0.5, 0.6) is 0 Å². The number of halogens is 2. The predicted molar refractivity (Wildman–Crippen MR) is 83.0 cm³/mol. The molecule has 0 aliphatic rings. The SMILES string of the molecule is Nc1cc(Cl)ccc1[S-].Nc1cc(Cl)ccc1[S-].[Zn+2]. The van der Waals surface area contributed by atoms with Crippen molar-refractivity contribution in [2.24, 2.45) is 0 Å². The monoisotopic (exact) mass is 380 g/mol. The van der Waals surface area contributed by atoms with Crippen molar-refractivity contribution in [3.8, 4) is 0 Å². The summed E-state index contributed by atoms with van der Waals surface area (Å²) in [5.41, 5.74) is 12.0. The van der Waals surface area contributed by atoms with Crippen LogP contribution < -0.4 is 11.5 Å². The van der Waals surface area contributed by atoms with E-state index in [1.54, 1.807) is 36.4 Å². The molecule has 0 heterocycles. The normalized spacial score (nSPS) is 8.95. The van der Waals surface area contributed by atoms with Crippen molar-refractivity contribution in [1.82, 2.24) is 0 Å². The number of anilines is 2. The molecule has 2 nitrogen and oxygen atoms in total. The summed E-state index contributed by atoms with van der Waals surface area (Å²) in [4.78, 5) is 1.30. The van der Waals surface area contributed by atoms with Crippen LogP contribution in [-0.4, -0.2) is 0 Å². The van der Waals surface area contributed by atoms with Gasteiger partial charge in [0.2, 0.25) is 0 Å². The maximum absolute atomic E-state index is 5.59. The summed E-state index contributed by atoms with van der Waals surface area (Å²) in [6.45, 7) is 0. The molecule has 7 heteroatoms. The van der Waals surface area contributed by atoms with Gasteiger partial charge in [0.05, 0.1) is 0 Å². The zero-order valence-electron chi connectivity index (χ0n) is 9.90. The summed E-state index contributed by atoms with van der Waals surface area (Å²) in [6.07, 6.45) is 0. The van der Waals surface area contributed by atoms with Gasteiger partial charge >= 0.3 is 19.5 Å². The fourth-order valence-electron chi connectivity index (χ4n) is 1.04. The molecule has 0 saturated heterocycles. The number of nitrogens with two attached hydrogens (primary N) is 2. The molecule has 0 atom stereocenters. The van der Waals surface area contributed by atoms with E-state index in [0.29, 0.717) is 31.2 Å². The molecule has 0 unspecified atom stereocenters. The van der Waals surface area contributed by atoms with Gasteiger partial charge in [-0.2, -0.15) is 9.79 Å². The van der Waals surface area contributed by atoms with E-state index in [1.807, 2.05) is 0 Å². The van der Waals surface area contributed by atoms with Crippen LogP contribution in [0.2, 0.25) is 10.0 Å². The quantitative estimate of drug-likeness (QED) is 0.415. The van der Waals surface area contributed by atoms with Gasteiger partial charge in [0.1, 0.15) is 0 Å². The standard InChI is InChI=1S/2C6H6ClNS.Zn/c2*7-4-1-2-6(9)5(8)3-4;/h2*1-3,9H,8H2;/q;;+2/p-2. The molecule has 4 N–H and O–H groups in total. The molecule has 0 saturated carbocycles. The Morgan fingerprint density at radius 3 is 1.26 bits per heavy atom. The second-order valence-electron chi connectivity index (χ2n) is 3.36. The molecular weight excluding hydrogens is 373 g/mol. The van der Waals surface area contributed by atoms with Crippen molar-refractivity contribution < 1.29 is 19.5 Å². The van der Waals surface area contributed by atoms with E-state index in [4.69, 9.17) is 59.9 Å². The van der Waals surface area contributed by atoms with E-state index in [1.165, 1.54) is 0 Å². The molecule has 2 aromatic carbocycles. The minimum Gasteiger partial charge on any atom is -0.778 e. The summed E-state index contributed by atoms with van der Waals surface area (Å²) in [6, 6.07) is 10.2. The topological polar surface area (TPSA) is 52.0 Å². The minimum absolute atomic E-state index is 0. The van der Waals surface area contributed by atoms with Crippen LogP contribution in [0.15, 0.2) is 46.2 Å². The predicted octanol–water partition coefficient (Wildman–Crippen LogP) is 3.65. The van der Waals surface area contributed by atoms with Gasteiger partial charge in [0.15, 0.2) is 0 Å². The van der Waals surface area contributed by atoms with Gasteiger partial charge < -0.3 is 36.7 Å². The van der Waals surface area contributed by atoms with Crippen molar-refractivity contribution >= 4 is 59.8 Å². The Hall–Kier alpha value is -0.317. The van der Waals surface area contributed by atoms with Gasteiger partial charge in [-0.1, -0.05) is 35.3 Å². The second kappa shape index (κ2) is 8.77. The molecule has 0 bridgehead atoms. The van der Waals surface area contributed by atoms with Crippen LogP contribution in [-0.2, 0) is 44.7 Å². The fourth-order valence-corrected chi connectivity index (χ4v) is 1.65. The first kappa shape index (κ1) is 18.7. The van der Waals surface area contributed by atoms with Gasteiger partial charge in [-0.25, -0.2) is 0 Å². The number of hydrogen-bond acceptors (Lipinski definition) is 4. The third-order valence-corrected chi connectivity index (χ3v) is 3.16. The number of rotatable bonds is 0. The molecule has 0 aliphatic heterocycles. The molecule has 0 fully saturated rings. The first-order valence-electron chi connectivity index (χ1n) is 4.84. The maximum atomic E-state index is 5.59. The van der Waals surface area contributed by atoms with E-state index in [9.17, 15) is 0 Å². The molecule has 19 heavy (non-hydrogen) atoms. The molecular formula is C12H10Cl2N2S2Zn. The first-order valence-corrected chi connectivity index (χ1v) is 6.41. The molecule has 0 aromatic heterocycles. The van der Waals surface area contributed by atoms with Crippen LogP contribution in [0.3, 0.4) is 0 Å². The van der Waals surface area contributed by atoms with Gasteiger partial charge in [0, 0.05) is 21.4 Å². The molecule has 0 aliphatic carbocycles. The Labute approximate surface area is 146 Å². The van der Waals surface area contributed by atoms with Gasteiger partial charge in [-0.15, -0.1) is 0 Å². The van der Waals surface area contributed by atoms with E-state index in [0.717, 1.165) is 0 Å². The van der Waals surface area contributed by atoms with Crippen LogP contribution in [0.1, 0.15) is 0 Å². The third kappa shape index (κ3) is 6.59. The Balaban J connectivity index is 0.000000324. The molecule has 96 valence electrons.